The molecule has 1 heteroatoms. The Balaban J connectivity index is 3.54. The van der Waals surface area contributed by atoms with Crippen molar-refractivity contribution in [2.45, 2.75) is 31.6 Å². The minimum atomic E-state index is 0.487. The van der Waals surface area contributed by atoms with Gasteiger partial charge in [0.1, 0.15) is 0 Å². The highest BCUT2D eigenvalue weighted by atomic mass is 127. The molecule has 1 atom stereocenters. The summed E-state index contributed by atoms with van der Waals surface area (Å²) in [4.78, 5) is 0. The summed E-state index contributed by atoms with van der Waals surface area (Å²) in [6, 6.07) is 0. The molecule has 0 aromatic carbocycles. The summed E-state index contributed by atoms with van der Waals surface area (Å²) in [7, 11) is 0. The van der Waals surface area contributed by atoms with Crippen LogP contribution in [0, 0.1) is 5.41 Å². The molecule has 0 aliphatic rings. The van der Waals surface area contributed by atoms with Crippen LogP contribution >= 0.6 is 22.6 Å². The molecule has 0 rings (SSSR count). The monoisotopic (exact) mass is 212 g/mol. The second-order valence-electron chi connectivity index (χ2n) is 2.98. The summed E-state index contributed by atoms with van der Waals surface area (Å²) < 4.78 is 0.769. The zero-order valence-electron chi connectivity index (χ0n) is 5.46. The molecule has 0 amide bonds. The zero-order chi connectivity index (χ0) is 6.08. The van der Waals surface area contributed by atoms with Crippen molar-refractivity contribution in [2.24, 2.45) is 5.41 Å². The minimum Gasteiger partial charge on any atom is -0.0824 e. The van der Waals surface area contributed by atoms with Crippen molar-refractivity contribution in [3.63, 3.8) is 0 Å². The molecule has 0 saturated carbocycles. The Morgan fingerprint density at radius 3 is 1.43 bits per heavy atom. The van der Waals surface area contributed by atoms with Crippen molar-refractivity contribution in [1.82, 2.24) is 0 Å². The highest BCUT2D eigenvalue weighted by Gasteiger charge is 2.15. The predicted molar refractivity (Wildman–Crippen MR) is 42.9 cm³/mol. The Kier molecular flexibility index (Phi) is 2.58. The van der Waals surface area contributed by atoms with E-state index in [-0.39, 0.29) is 0 Å². The molecule has 0 heterocycles. The second-order valence-corrected chi connectivity index (χ2v) is 4.85. The zero-order valence-corrected chi connectivity index (χ0v) is 7.61. The first kappa shape index (κ1) is 7.73. The first-order valence-electron chi connectivity index (χ1n) is 2.58. The average Bonchev–Trinajstić information content (AvgIpc) is 1.31. The summed E-state index contributed by atoms with van der Waals surface area (Å²) in [6.45, 7) is 9.00. The lowest BCUT2D eigenvalue weighted by atomic mass is 9.94. The van der Waals surface area contributed by atoms with E-state index in [9.17, 15) is 0 Å². The topological polar surface area (TPSA) is 0 Å². The molecule has 7 heavy (non-hydrogen) atoms. The van der Waals surface area contributed by atoms with Crippen LogP contribution in [0.1, 0.15) is 27.7 Å². The van der Waals surface area contributed by atoms with E-state index in [4.69, 9.17) is 0 Å². The number of rotatable bonds is 0. The van der Waals surface area contributed by atoms with Gasteiger partial charge in [0, 0.05) is 3.92 Å². The Bertz CT molecular complexity index is 49.7. The molecule has 0 N–H and O–H groups in total. The lowest BCUT2D eigenvalue weighted by Gasteiger charge is -2.20. The van der Waals surface area contributed by atoms with E-state index in [1.54, 1.807) is 0 Å². The molecule has 0 nitrogen and oxygen atoms in total. The van der Waals surface area contributed by atoms with Gasteiger partial charge in [0.25, 0.3) is 0 Å². The van der Waals surface area contributed by atoms with E-state index in [0.29, 0.717) is 5.41 Å². The first-order chi connectivity index (χ1) is 2.94. The van der Waals surface area contributed by atoms with E-state index >= 15 is 0 Å². The number of hydrogen-bond donors (Lipinski definition) is 0. The van der Waals surface area contributed by atoms with Gasteiger partial charge in [-0.25, -0.2) is 0 Å². The van der Waals surface area contributed by atoms with Gasteiger partial charge in [-0.15, -0.1) is 0 Å². The van der Waals surface area contributed by atoms with Crippen LogP contribution in [0.4, 0.5) is 0 Å². The lowest BCUT2D eigenvalue weighted by molar-refractivity contribution is 0.423. The summed E-state index contributed by atoms with van der Waals surface area (Å²) in [5.41, 5.74) is 0.487. The van der Waals surface area contributed by atoms with Gasteiger partial charge in [-0.3, -0.25) is 0 Å². The van der Waals surface area contributed by atoms with Crippen molar-refractivity contribution < 1.29 is 0 Å². The smallest absolute Gasteiger partial charge is 0.0130 e. The third-order valence-corrected chi connectivity index (χ3v) is 3.06. The molecule has 0 aromatic rings. The van der Waals surface area contributed by atoms with Crippen LogP contribution in [0.2, 0.25) is 0 Å². The van der Waals surface area contributed by atoms with Crippen LogP contribution in [0.25, 0.3) is 0 Å². The van der Waals surface area contributed by atoms with Crippen LogP contribution in [-0.2, 0) is 0 Å². The molecule has 0 saturated heterocycles. The van der Waals surface area contributed by atoms with Crippen molar-refractivity contribution in [3.8, 4) is 0 Å². The molecular weight excluding hydrogens is 199 g/mol. The number of halogens is 1. The maximum absolute atomic E-state index is 2.45. The van der Waals surface area contributed by atoms with Gasteiger partial charge >= 0.3 is 0 Å². The maximum Gasteiger partial charge on any atom is 0.0130 e. The molecule has 0 aliphatic heterocycles. The predicted octanol–water partition coefficient (Wildman–Crippen LogP) is 2.86. The van der Waals surface area contributed by atoms with Gasteiger partial charge in [0.15, 0.2) is 0 Å². The van der Waals surface area contributed by atoms with E-state index in [2.05, 4.69) is 50.3 Å². The van der Waals surface area contributed by atoms with Crippen molar-refractivity contribution in [2.75, 3.05) is 0 Å². The van der Waals surface area contributed by atoms with Crippen LogP contribution in [-0.4, -0.2) is 3.92 Å². The van der Waals surface area contributed by atoms with Gasteiger partial charge in [-0.2, -0.15) is 0 Å². The Hall–Kier alpha value is 0.730. The molecule has 0 aromatic heterocycles. The molecule has 0 spiro atoms. The van der Waals surface area contributed by atoms with Gasteiger partial charge in [0.2, 0.25) is 0 Å². The fraction of sp³-hybridized carbons (Fsp3) is 1.00. The number of hydrogen-bond acceptors (Lipinski definition) is 0. The fourth-order valence-electron chi connectivity index (χ4n) is 0. The van der Waals surface area contributed by atoms with Crippen LogP contribution in [0.15, 0.2) is 0 Å². The molecule has 0 aliphatic carbocycles. The number of alkyl halides is 1. The van der Waals surface area contributed by atoms with Crippen LogP contribution < -0.4 is 0 Å². The van der Waals surface area contributed by atoms with Gasteiger partial charge in [-0.05, 0) is 5.41 Å². The summed E-state index contributed by atoms with van der Waals surface area (Å²) in [5, 5.41) is 0. The summed E-state index contributed by atoms with van der Waals surface area (Å²) in [5.74, 6) is 0. The quantitative estimate of drug-likeness (QED) is 0.427. The highest BCUT2D eigenvalue weighted by molar-refractivity contribution is 14.1. The second kappa shape index (κ2) is 2.33. The molecule has 0 bridgehead atoms. The van der Waals surface area contributed by atoms with Gasteiger partial charge < -0.3 is 0 Å². The highest BCUT2D eigenvalue weighted by Crippen LogP contribution is 2.24. The molecule has 44 valence electrons. The Morgan fingerprint density at radius 2 is 1.43 bits per heavy atom. The molecular formula is C6H13I. The average molecular weight is 212 g/mol. The van der Waals surface area contributed by atoms with Gasteiger partial charge in [0.05, 0.1) is 0 Å². The van der Waals surface area contributed by atoms with Crippen molar-refractivity contribution in [3.05, 3.63) is 0 Å². The normalized spacial score (nSPS) is 16.7. The van der Waals surface area contributed by atoms with E-state index in [1.165, 1.54) is 0 Å². The first-order valence-corrected chi connectivity index (χ1v) is 3.83. The maximum atomic E-state index is 2.45. The van der Waals surface area contributed by atoms with Crippen molar-refractivity contribution >= 4 is 22.6 Å². The third kappa shape index (κ3) is 3.32. The fourth-order valence-corrected chi connectivity index (χ4v) is 0. The summed E-state index contributed by atoms with van der Waals surface area (Å²) >= 11 is 2.45. The Morgan fingerprint density at radius 1 is 1.29 bits per heavy atom. The van der Waals surface area contributed by atoms with E-state index in [1.807, 2.05) is 0 Å². The van der Waals surface area contributed by atoms with E-state index in [0.717, 1.165) is 3.92 Å². The Labute approximate surface area is 59.8 Å². The SMILES string of the molecule is C[C@@H](I)C(C)(C)C. The van der Waals surface area contributed by atoms with Crippen LogP contribution in [0.3, 0.4) is 0 Å². The molecule has 0 fully saturated rings. The lowest BCUT2D eigenvalue weighted by Crippen LogP contribution is -2.15. The third-order valence-electron chi connectivity index (χ3n) is 1.19. The molecule has 0 radical (unpaired) electrons. The standard InChI is InChI=1S/C6H13I/c1-5(7)6(2,3)4/h5H,1-4H3/t5-/m1/s1. The van der Waals surface area contributed by atoms with Gasteiger partial charge in [-0.1, -0.05) is 50.3 Å². The largest absolute Gasteiger partial charge is 0.0824 e. The van der Waals surface area contributed by atoms with Crippen LogP contribution in [0.5, 0.6) is 0 Å². The summed E-state index contributed by atoms with van der Waals surface area (Å²) in [6.07, 6.45) is 0. The minimum absolute atomic E-state index is 0.487. The van der Waals surface area contributed by atoms with E-state index < -0.39 is 0 Å². The molecule has 0 unspecified atom stereocenters. The van der Waals surface area contributed by atoms with Crippen molar-refractivity contribution in [1.29, 1.82) is 0 Å².